The van der Waals surface area contributed by atoms with Crippen LogP contribution in [-0.4, -0.2) is 32.7 Å². The Morgan fingerprint density at radius 1 is 1.24 bits per heavy atom. The van der Waals surface area contributed by atoms with E-state index in [-0.39, 0.29) is 36.7 Å². The second-order valence-electron chi connectivity index (χ2n) is 6.89. The van der Waals surface area contributed by atoms with Gasteiger partial charge in [0.15, 0.2) is 0 Å². The van der Waals surface area contributed by atoms with Crippen molar-refractivity contribution in [2.45, 2.75) is 19.0 Å². The van der Waals surface area contributed by atoms with Gasteiger partial charge in [-0.3, -0.25) is 14.5 Å². The van der Waals surface area contributed by atoms with Crippen molar-refractivity contribution in [3.63, 3.8) is 0 Å². The van der Waals surface area contributed by atoms with Crippen LogP contribution in [0.25, 0.3) is 6.08 Å². The van der Waals surface area contributed by atoms with Crippen molar-refractivity contribution in [2.75, 3.05) is 11.9 Å². The van der Waals surface area contributed by atoms with Crippen LogP contribution in [0.2, 0.25) is 0 Å². The van der Waals surface area contributed by atoms with Crippen LogP contribution in [0.15, 0.2) is 50.2 Å². The first-order chi connectivity index (χ1) is 15.5. The average Bonchev–Trinajstić information content (AvgIpc) is 2.98. The number of nitrogens with one attached hydrogen (secondary N) is 1. The third-order valence-electron chi connectivity index (χ3n) is 4.48. The van der Waals surface area contributed by atoms with Gasteiger partial charge in [0.1, 0.15) is 10.1 Å². The Bertz CT molecular complexity index is 1160. The number of amides is 2. The minimum absolute atomic E-state index is 0.00821. The molecule has 1 saturated heterocycles. The van der Waals surface area contributed by atoms with Crippen LogP contribution >= 0.6 is 55.8 Å². The van der Waals surface area contributed by atoms with Crippen LogP contribution in [-0.2, 0) is 15.8 Å². The number of hydrogen-bond donors (Lipinski definition) is 2. The molecule has 1 aliphatic heterocycles. The van der Waals surface area contributed by atoms with Crippen molar-refractivity contribution in [1.29, 1.82) is 0 Å². The third-order valence-corrected chi connectivity index (χ3v) is 6.92. The summed E-state index contributed by atoms with van der Waals surface area (Å²) in [5.74, 6) is -0.840. The molecule has 3 rings (SSSR count). The highest BCUT2D eigenvalue weighted by Gasteiger charge is 2.32. The molecule has 2 aromatic carbocycles. The van der Waals surface area contributed by atoms with E-state index >= 15 is 0 Å². The van der Waals surface area contributed by atoms with Gasteiger partial charge in [-0.25, -0.2) is 0 Å². The molecule has 12 heteroatoms. The van der Waals surface area contributed by atoms with Gasteiger partial charge in [-0.05, 0) is 58.8 Å². The van der Waals surface area contributed by atoms with E-state index < -0.39 is 17.6 Å². The molecule has 0 unspecified atom stereocenters. The van der Waals surface area contributed by atoms with Crippen LogP contribution in [0, 0.1) is 0 Å². The zero-order chi connectivity index (χ0) is 24.3. The average molecular weight is 624 g/mol. The lowest BCUT2D eigenvalue weighted by Gasteiger charge is -2.14. The maximum Gasteiger partial charge on any atom is 0.416 e. The van der Waals surface area contributed by atoms with Crippen LogP contribution in [0.4, 0.5) is 18.9 Å². The first-order valence-electron chi connectivity index (χ1n) is 9.36. The van der Waals surface area contributed by atoms with Gasteiger partial charge < -0.3 is 10.4 Å². The molecule has 0 atom stereocenters. The maximum atomic E-state index is 12.8. The maximum absolute atomic E-state index is 12.8. The molecule has 1 fully saturated rings. The van der Waals surface area contributed by atoms with Crippen LogP contribution < -0.4 is 5.32 Å². The highest BCUT2D eigenvalue weighted by Crippen LogP contribution is 2.37. The van der Waals surface area contributed by atoms with Crippen LogP contribution in [0.1, 0.15) is 24.0 Å². The number of anilines is 1. The highest BCUT2D eigenvalue weighted by atomic mass is 79.9. The molecule has 2 aromatic rings. The van der Waals surface area contributed by atoms with Gasteiger partial charge in [0, 0.05) is 28.7 Å². The first-order valence-corrected chi connectivity index (χ1v) is 12.2. The van der Waals surface area contributed by atoms with Crippen LogP contribution in [0.5, 0.6) is 5.75 Å². The summed E-state index contributed by atoms with van der Waals surface area (Å²) in [6.45, 7) is 0.173. The zero-order valence-corrected chi connectivity index (χ0v) is 21.4. The van der Waals surface area contributed by atoms with Crippen molar-refractivity contribution >= 4 is 83.7 Å². The molecule has 0 aliphatic carbocycles. The number of benzene rings is 2. The fourth-order valence-corrected chi connectivity index (χ4v) is 5.48. The lowest BCUT2D eigenvalue weighted by molar-refractivity contribution is -0.137. The van der Waals surface area contributed by atoms with Gasteiger partial charge in [-0.15, -0.1) is 0 Å². The number of halogens is 5. The Kier molecular flexibility index (Phi) is 8.25. The molecule has 0 aromatic heterocycles. The second-order valence-corrected chi connectivity index (χ2v) is 10.3. The number of alkyl halides is 3. The summed E-state index contributed by atoms with van der Waals surface area (Å²) in [5, 5.41) is 12.6. The van der Waals surface area contributed by atoms with E-state index in [2.05, 4.69) is 37.2 Å². The predicted octanol–water partition coefficient (Wildman–Crippen LogP) is 6.56. The van der Waals surface area contributed by atoms with E-state index in [1.54, 1.807) is 12.1 Å². The molecule has 0 bridgehead atoms. The molecule has 0 saturated carbocycles. The first kappa shape index (κ1) is 25.7. The number of aromatic hydroxyl groups is 1. The van der Waals surface area contributed by atoms with E-state index in [0.717, 1.165) is 23.9 Å². The monoisotopic (exact) mass is 622 g/mol. The zero-order valence-electron chi connectivity index (χ0n) is 16.6. The lowest BCUT2D eigenvalue weighted by Crippen LogP contribution is -2.29. The molecule has 1 aliphatic rings. The normalized spacial score (nSPS) is 15.4. The molecule has 0 radical (unpaired) electrons. The lowest BCUT2D eigenvalue weighted by atomic mass is 10.2. The molecule has 0 spiro atoms. The van der Waals surface area contributed by atoms with Gasteiger partial charge in [0.2, 0.25) is 5.91 Å². The van der Waals surface area contributed by atoms with E-state index in [1.807, 2.05) is 0 Å². The molecular formula is C21H15Br2F3N2O3S2. The molecular weight excluding hydrogens is 609 g/mol. The third kappa shape index (κ3) is 6.58. The Hall–Kier alpha value is -1.89. The summed E-state index contributed by atoms with van der Waals surface area (Å²) in [6.07, 6.45) is -2.72. The minimum atomic E-state index is -4.50. The van der Waals surface area contributed by atoms with Gasteiger partial charge in [-0.1, -0.05) is 46.0 Å². The number of thioether (sulfide) groups is 1. The molecule has 2 N–H and O–H groups in total. The number of rotatable bonds is 6. The number of nitrogens with zero attached hydrogens (tertiary/aromatic N) is 1. The number of phenols is 1. The van der Waals surface area contributed by atoms with E-state index in [9.17, 15) is 27.9 Å². The Morgan fingerprint density at radius 2 is 1.97 bits per heavy atom. The van der Waals surface area contributed by atoms with E-state index in [0.29, 0.717) is 23.7 Å². The number of thiocarbonyl (C=S) groups is 1. The molecule has 174 valence electrons. The van der Waals surface area contributed by atoms with E-state index in [4.69, 9.17) is 12.2 Å². The number of hydrogen-bond acceptors (Lipinski definition) is 5. The summed E-state index contributed by atoms with van der Waals surface area (Å²) in [5.41, 5.74) is -0.381. The number of carbonyl (C=O) groups is 2. The highest BCUT2D eigenvalue weighted by molar-refractivity contribution is 9.11. The van der Waals surface area contributed by atoms with Gasteiger partial charge in [0.25, 0.3) is 5.91 Å². The molecule has 33 heavy (non-hydrogen) atoms. The van der Waals surface area contributed by atoms with Crippen molar-refractivity contribution < 1.29 is 27.9 Å². The largest absolute Gasteiger partial charge is 0.506 e. The van der Waals surface area contributed by atoms with Crippen LogP contribution in [0.3, 0.4) is 0 Å². The van der Waals surface area contributed by atoms with E-state index in [1.165, 1.54) is 23.1 Å². The fourth-order valence-electron chi connectivity index (χ4n) is 2.92. The summed E-state index contributed by atoms with van der Waals surface area (Å²) in [7, 11) is 0. The van der Waals surface area contributed by atoms with Gasteiger partial charge in [0.05, 0.1) is 14.9 Å². The summed E-state index contributed by atoms with van der Waals surface area (Å²) in [4.78, 5) is 26.6. The van der Waals surface area contributed by atoms with Crippen molar-refractivity contribution in [1.82, 2.24) is 4.90 Å². The topological polar surface area (TPSA) is 69.6 Å². The molecule has 1 heterocycles. The van der Waals surface area contributed by atoms with Crippen molar-refractivity contribution in [3.05, 3.63) is 61.4 Å². The summed E-state index contributed by atoms with van der Waals surface area (Å²) >= 11 is 12.9. The standard InChI is InChI=1S/C21H15Br2F3N2O3S2/c22-13-7-11(18(30)15(23)10-13)8-16-19(31)28(20(32)33-16)6-2-5-17(29)27-14-4-1-3-12(9-14)21(24,25)26/h1,3-4,7-10,30H,2,5-6H2,(H,27,29)/b16-8-. The minimum Gasteiger partial charge on any atom is -0.506 e. The molecule has 5 nitrogen and oxygen atoms in total. The number of phenolic OH excluding ortho intramolecular Hbond substituents is 1. The van der Waals surface area contributed by atoms with Crippen molar-refractivity contribution in [3.8, 4) is 5.75 Å². The Balaban J connectivity index is 1.58. The predicted molar refractivity (Wildman–Crippen MR) is 133 cm³/mol. The summed E-state index contributed by atoms with van der Waals surface area (Å²) < 4.78 is 39.9. The quantitative estimate of drug-likeness (QED) is 0.282. The Labute approximate surface area is 213 Å². The number of carbonyl (C=O) groups excluding carboxylic acids is 2. The molecule has 2 amide bonds. The summed E-state index contributed by atoms with van der Waals surface area (Å²) in [6, 6.07) is 7.70. The van der Waals surface area contributed by atoms with Gasteiger partial charge in [-0.2, -0.15) is 13.2 Å². The smallest absolute Gasteiger partial charge is 0.416 e. The fraction of sp³-hybridized carbons (Fsp3) is 0.190. The Morgan fingerprint density at radius 3 is 2.67 bits per heavy atom. The van der Waals surface area contributed by atoms with Crippen molar-refractivity contribution in [2.24, 2.45) is 0 Å². The second kappa shape index (κ2) is 10.6. The van der Waals surface area contributed by atoms with Gasteiger partial charge >= 0.3 is 6.18 Å². The SMILES string of the molecule is O=C(CCCN1C(=O)/C(=C/c2cc(Br)cc(Br)c2O)SC1=S)Nc1cccc(C(F)(F)F)c1.